The topological polar surface area (TPSA) is 58.6 Å². The van der Waals surface area contributed by atoms with E-state index in [4.69, 9.17) is 4.52 Å². The van der Waals surface area contributed by atoms with Crippen LogP contribution in [0.5, 0.6) is 5.75 Å². The summed E-state index contributed by atoms with van der Waals surface area (Å²) in [6.45, 7) is 1.81. The average molecular weight is 252 g/mol. The molecule has 4 heteroatoms. The van der Waals surface area contributed by atoms with Crippen molar-refractivity contribution in [1.29, 1.82) is 0 Å². The van der Waals surface area contributed by atoms with Crippen LogP contribution >= 0.6 is 0 Å². The number of aliphatic imine (C=N–C) groups is 1. The third-order valence-corrected chi connectivity index (χ3v) is 2.89. The van der Waals surface area contributed by atoms with Gasteiger partial charge in [-0.1, -0.05) is 35.5 Å². The van der Waals surface area contributed by atoms with Gasteiger partial charge >= 0.3 is 0 Å². The Morgan fingerprint density at radius 1 is 1.21 bits per heavy atom. The van der Waals surface area contributed by atoms with E-state index in [0.717, 1.165) is 10.8 Å². The van der Waals surface area contributed by atoms with Crippen LogP contribution in [0.25, 0.3) is 10.8 Å². The molecule has 3 rings (SSSR count). The number of hydrogen-bond donors (Lipinski definition) is 1. The van der Waals surface area contributed by atoms with Crippen molar-refractivity contribution < 1.29 is 9.63 Å². The molecule has 19 heavy (non-hydrogen) atoms. The predicted molar refractivity (Wildman–Crippen MR) is 74.1 cm³/mol. The number of hydrogen-bond acceptors (Lipinski definition) is 4. The van der Waals surface area contributed by atoms with Gasteiger partial charge in [-0.15, -0.1) is 0 Å². The van der Waals surface area contributed by atoms with Gasteiger partial charge in [0.1, 0.15) is 11.5 Å². The molecule has 1 N–H and O–H groups in total. The maximum atomic E-state index is 9.96. The number of rotatable bonds is 2. The summed E-state index contributed by atoms with van der Waals surface area (Å²) in [6.07, 6.45) is 1.61. The molecule has 1 heterocycles. The minimum Gasteiger partial charge on any atom is -0.507 e. The monoisotopic (exact) mass is 252 g/mol. The Bertz CT molecular complexity index is 760. The second-order valence-electron chi connectivity index (χ2n) is 4.27. The van der Waals surface area contributed by atoms with Crippen LogP contribution < -0.4 is 0 Å². The molecule has 0 aliphatic carbocycles. The maximum absolute atomic E-state index is 9.96. The van der Waals surface area contributed by atoms with Crippen molar-refractivity contribution in [3.63, 3.8) is 0 Å². The second-order valence-corrected chi connectivity index (χ2v) is 4.27. The van der Waals surface area contributed by atoms with Crippen LogP contribution in [0.4, 0.5) is 5.82 Å². The van der Waals surface area contributed by atoms with E-state index in [1.807, 2.05) is 30.3 Å². The number of aryl methyl sites for hydroxylation is 1. The number of aromatic nitrogens is 1. The fraction of sp³-hybridized carbons (Fsp3) is 0.0667. The summed E-state index contributed by atoms with van der Waals surface area (Å²) in [4.78, 5) is 4.22. The summed E-state index contributed by atoms with van der Waals surface area (Å²) >= 11 is 0. The van der Waals surface area contributed by atoms with Crippen LogP contribution in [0, 0.1) is 6.92 Å². The summed E-state index contributed by atoms with van der Waals surface area (Å²) in [5.41, 5.74) is 0.679. The van der Waals surface area contributed by atoms with Crippen LogP contribution in [0.1, 0.15) is 11.3 Å². The molecule has 0 bridgehead atoms. The average Bonchev–Trinajstić information content (AvgIpc) is 2.83. The molecular formula is C15H12N2O2. The Balaban J connectivity index is 2.09. The van der Waals surface area contributed by atoms with Gasteiger partial charge in [-0.2, -0.15) is 0 Å². The predicted octanol–water partition coefficient (Wildman–Crippen LogP) is 3.59. The molecule has 0 saturated heterocycles. The highest BCUT2D eigenvalue weighted by atomic mass is 16.5. The third-order valence-electron chi connectivity index (χ3n) is 2.89. The SMILES string of the molecule is Cc1cc(/N=C/c2c(O)ccc3ccccc23)no1. The molecule has 2 aromatic carbocycles. The third kappa shape index (κ3) is 2.20. The van der Waals surface area contributed by atoms with Gasteiger partial charge in [0.2, 0.25) is 0 Å². The maximum Gasteiger partial charge on any atom is 0.195 e. The minimum absolute atomic E-state index is 0.197. The van der Waals surface area contributed by atoms with E-state index in [9.17, 15) is 5.11 Å². The molecule has 0 spiro atoms. The molecule has 0 unspecified atom stereocenters. The number of nitrogens with zero attached hydrogens (tertiary/aromatic N) is 2. The molecular weight excluding hydrogens is 240 g/mol. The highest BCUT2D eigenvalue weighted by Crippen LogP contribution is 2.26. The standard InChI is InChI=1S/C15H12N2O2/c1-10-8-15(17-19-10)16-9-13-12-5-3-2-4-11(12)6-7-14(13)18/h2-9,18H,1H3/b16-9+. The summed E-state index contributed by atoms with van der Waals surface area (Å²) in [7, 11) is 0. The van der Waals surface area contributed by atoms with Gasteiger partial charge in [-0.25, -0.2) is 4.99 Å². The Hall–Kier alpha value is -2.62. The van der Waals surface area contributed by atoms with Gasteiger partial charge in [0, 0.05) is 17.8 Å². The van der Waals surface area contributed by atoms with Crippen molar-refractivity contribution in [3.8, 4) is 5.75 Å². The normalized spacial score (nSPS) is 11.4. The van der Waals surface area contributed by atoms with E-state index >= 15 is 0 Å². The number of phenols is 1. The van der Waals surface area contributed by atoms with Crippen LogP contribution in [0.3, 0.4) is 0 Å². The Kier molecular flexibility index (Phi) is 2.76. The van der Waals surface area contributed by atoms with Crippen molar-refractivity contribution in [2.24, 2.45) is 4.99 Å². The highest BCUT2D eigenvalue weighted by molar-refractivity contribution is 6.02. The second kappa shape index (κ2) is 4.57. The number of phenolic OH excluding ortho intramolecular Hbond substituents is 1. The Morgan fingerprint density at radius 2 is 2.05 bits per heavy atom. The number of fused-ring (bicyclic) bond motifs is 1. The molecule has 1 aromatic heterocycles. The fourth-order valence-corrected chi connectivity index (χ4v) is 1.96. The van der Waals surface area contributed by atoms with Crippen LogP contribution in [0.2, 0.25) is 0 Å². The summed E-state index contributed by atoms with van der Waals surface area (Å²) < 4.78 is 4.94. The summed E-state index contributed by atoms with van der Waals surface area (Å²) in [5, 5.41) is 15.7. The largest absolute Gasteiger partial charge is 0.507 e. The van der Waals surface area contributed by atoms with E-state index < -0.39 is 0 Å². The molecule has 0 saturated carbocycles. The zero-order valence-corrected chi connectivity index (χ0v) is 10.4. The van der Waals surface area contributed by atoms with Gasteiger partial charge < -0.3 is 9.63 Å². The van der Waals surface area contributed by atoms with E-state index in [2.05, 4.69) is 10.1 Å². The lowest BCUT2D eigenvalue weighted by Gasteiger charge is -2.03. The summed E-state index contributed by atoms with van der Waals surface area (Å²) in [5.74, 6) is 1.39. The lowest BCUT2D eigenvalue weighted by atomic mass is 10.0. The Labute approximate surface area is 110 Å². The van der Waals surface area contributed by atoms with Crippen molar-refractivity contribution in [2.45, 2.75) is 6.92 Å². The zero-order chi connectivity index (χ0) is 13.2. The van der Waals surface area contributed by atoms with Crippen LogP contribution in [-0.2, 0) is 0 Å². The lowest BCUT2D eigenvalue weighted by molar-refractivity contribution is 0.399. The number of benzene rings is 2. The zero-order valence-electron chi connectivity index (χ0n) is 10.4. The van der Waals surface area contributed by atoms with E-state index in [-0.39, 0.29) is 5.75 Å². The first-order valence-corrected chi connectivity index (χ1v) is 5.92. The highest BCUT2D eigenvalue weighted by Gasteiger charge is 2.04. The Morgan fingerprint density at radius 3 is 2.84 bits per heavy atom. The van der Waals surface area contributed by atoms with Crippen molar-refractivity contribution in [3.05, 3.63) is 53.8 Å². The molecule has 0 radical (unpaired) electrons. The molecule has 0 amide bonds. The van der Waals surface area contributed by atoms with Crippen LogP contribution in [0.15, 0.2) is 52.0 Å². The van der Waals surface area contributed by atoms with Crippen molar-refractivity contribution in [1.82, 2.24) is 5.16 Å². The van der Waals surface area contributed by atoms with Gasteiger partial charge in [0.25, 0.3) is 0 Å². The molecule has 4 nitrogen and oxygen atoms in total. The van der Waals surface area contributed by atoms with Gasteiger partial charge in [0.15, 0.2) is 5.82 Å². The van der Waals surface area contributed by atoms with Crippen molar-refractivity contribution in [2.75, 3.05) is 0 Å². The van der Waals surface area contributed by atoms with Gasteiger partial charge in [-0.3, -0.25) is 0 Å². The van der Waals surface area contributed by atoms with E-state index in [1.54, 1.807) is 25.3 Å². The first-order chi connectivity index (χ1) is 9.24. The lowest BCUT2D eigenvalue weighted by Crippen LogP contribution is -1.85. The molecule has 3 aromatic rings. The van der Waals surface area contributed by atoms with Crippen molar-refractivity contribution >= 4 is 22.8 Å². The van der Waals surface area contributed by atoms with Crippen LogP contribution in [-0.4, -0.2) is 16.5 Å². The summed E-state index contributed by atoms with van der Waals surface area (Å²) in [6, 6.07) is 13.1. The molecule has 0 aliphatic rings. The first-order valence-electron chi connectivity index (χ1n) is 5.92. The molecule has 0 atom stereocenters. The molecule has 94 valence electrons. The fourth-order valence-electron chi connectivity index (χ4n) is 1.96. The number of aromatic hydroxyl groups is 1. The van der Waals surface area contributed by atoms with E-state index in [0.29, 0.717) is 17.1 Å². The van der Waals surface area contributed by atoms with E-state index in [1.165, 1.54) is 0 Å². The molecule has 0 fully saturated rings. The smallest absolute Gasteiger partial charge is 0.195 e. The van der Waals surface area contributed by atoms with Gasteiger partial charge in [-0.05, 0) is 23.8 Å². The minimum atomic E-state index is 0.197. The quantitative estimate of drug-likeness (QED) is 0.709. The molecule has 0 aliphatic heterocycles. The van der Waals surface area contributed by atoms with Gasteiger partial charge in [0.05, 0.1) is 0 Å². The first kappa shape index (κ1) is 11.5.